The van der Waals surface area contributed by atoms with Gasteiger partial charge in [0.1, 0.15) is 15.5 Å². The van der Waals surface area contributed by atoms with Gasteiger partial charge in [0, 0.05) is 12.2 Å². The minimum atomic E-state index is -0.567. The lowest BCUT2D eigenvalue weighted by Crippen LogP contribution is -2.54. The van der Waals surface area contributed by atoms with Gasteiger partial charge >= 0.3 is 6.03 Å². The Morgan fingerprint density at radius 2 is 2.03 bits per heavy atom. The van der Waals surface area contributed by atoms with Gasteiger partial charge in [-0.25, -0.2) is 9.78 Å². The Hall–Kier alpha value is -3.17. The number of rotatable bonds is 5. The summed E-state index contributed by atoms with van der Waals surface area (Å²) < 4.78 is 5.83. The smallest absolute Gasteiger partial charge is 0.333 e. The molecule has 2 atom stereocenters. The molecule has 1 fully saturated rings. The lowest BCUT2D eigenvalue weighted by Gasteiger charge is -2.40. The number of carbonyl (C=O) groups is 2. The summed E-state index contributed by atoms with van der Waals surface area (Å²) in [5.41, 5.74) is 15.1. The zero-order chi connectivity index (χ0) is 23.4. The highest BCUT2D eigenvalue weighted by Crippen LogP contribution is 2.50. The average Bonchev–Trinajstić information content (AvgIpc) is 3.34. The highest BCUT2D eigenvalue weighted by molar-refractivity contribution is 7.21. The van der Waals surface area contributed by atoms with Crippen LogP contribution in [0, 0.1) is 6.92 Å². The molecule has 1 saturated carbocycles. The van der Waals surface area contributed by atoms with Gasteiger partial charge in [0.15, 0.2) is 0 Å². The molecule has 2 aromatic heterocycles. The molecule has 3 amide bonds. The fourth-order valence-electron chi connectivity index (χ4n) is 4.94. The maximum Gasteiger partial charge on any atom is 0.333 e. The van der Waals surface area contributed by atoms with E-state index in [1.807, 2.05) is 45.0 Å². The van der Waals surface area contributed by atoms with Crippen molar-refractivity contribution in [1.82, 2.24) is 4.98 Å². The molecule has 172 valence electrons. The van der Waals surface area contributed by atoms with E-state index in [0.717, 1.165) is 41.6 Å². The van der Waals surface area contributed by atoms with Crippen LogP contribution in [0.15, 0.2) is 30.5 Å². The van der Waals surface area contributed by atoms with E-state index in [4.69, 9.17) is 16.2 Å². The lowest BCUT2D eigenvalue weighted by atomic mass is 10.0. The highest BCUT2D eigenvalue weighted by Gasteiger charge is 2.44. The molecule has 0 radical (unpaired) electrons. The Kier molecular flexibility index (Phi) is 5.25. The maximum atomic E-state index is 14.1. The van der Waals surface area contributed by atoms with Crippen molar-refractivity contribution >= 4 is 50.6 Å². The van der Waals surface area contributed by atoms with Crippen molar-refractivity contribution < 1.29 is 14.3 Å². The number of thiophene rings is 1. The molecule has 1 aromatic carbocycles. The van der Waals surface area contributed by atoms with Crippen LogP contribution in [0.1, 0.15) is 48.3 Å². The van der Waals surface area contributed by atoms with Crippen molar-refractivity contribution in [3.05, 3.63) is 40.9 Å². The number of nitrogens with zero attached hydrogens (tertiary/aromatic N) is 3. The predicted octanol–water partition coefficient (Wildman–Crippen LogP) is 4.45. The molecular weight excluding hydrogens is 438 g/mol. The molecule has 0 spiro atoms. The van der Waals surface area contributed by atoms with Crippen LogP contribution in [-0.4, -0.2) is 35.1 Å². The molecule has 0 saturated heterocycles. The van der Waals surface area contributed by atoms with E-state index >= 15 is 0 Å². The minimum absolute atomic E-state index is 0.0478. The van der Waals surface area contributed by atoms with Gasteiger partial charge in [-0.2, -0.15) is 0 Å². The van der Waals surface area contributed by atoms with Gasteiger partial charge in [-0.1, -0.05) is 0 Å². The summed E-state index contributed by atoms with van der Waals surface area (Å²) in [7, 11) is 0. The largest absolute Gasteiger partial charge is 0.491 e. The Bertz CT molecular complexity index is 1270. The van der Waals surface area contributed by atoms with Crippen molar-refractivity contribution in [2.45, 2.75) is 58.2 Å². The topological polar surface area (TPSA) is 115 Å². The number of carbonyl (C=O) groups excluding carboxylic acids is 2. The number of aromatic nitrogens is 1. The number of aryl methyl sites for hydroxylation is 1. The second-order valence-corrected chi connectivity index (χ2v) is 9.92. The summed E-state index contributed by atoms with van der Waals surface area (Å²) in [6.45, 7) is 5.91. The molecule has 3 heterocycles. The summed E-state index contributed by atoms with van der Waals surface area (Å²) in [5.74, 6) is 0.181. The number of amides is 3. The second-order valence-electron chi connectivity index (χ2n) is 8.92. The Morgan fingerprint density at radius 3 is 2.67 bits per heavy atom. The zero-order valence-electron chi connectivity index (χ0n) is 18.9. The molecule has 1 aliphatic carbocycles. The molecule has 33 heavy (non-hydrogen) atoms. The van der Waals surface area contributed by atoms with Crippen LogP contribution in [0.5, 0.6) is 5.75 Å². The van der Waals surface area contributed by atoms with Gasteiger partial charge in [-0.15, -0.1) is 11.3 Å². The normalized spacial score (nSPS) is 20.2. The van der Waals surface area contributed by atoms with E-state index in [9.17, 15) is 9.59 Å². The first-order chi connectivity index (χ1) is 15.8. The van der Waals surface area contributed by atoms with Gasteiger partial charge in [-0.05, 0) is 69.9 Å². The molecule has 0 bridgehead atoms. The van der Waals surface area contributed by atoms with E-state index in [2.05, 4.69) is 4.98 Å². The summed E-state index contributed by atoms with van der Waals surface area (Å²) in [6, 6.07) is 6.89. The summed E-state index contributed by atoms with van der Waals surface area (Å²) >= 11 is 1.22. The van der Waals surface area contributed by atoms with Crippen LogP contribution in [0.3, 0.4) is 0 Å². The Labute approximate surface area is 196 Å². The average molecular weight is 466 g/mol. The third-order valence-electron chi connectivity index (χ3n) is 6.29. The molecule has 0 unspecified atom stereocenters. The van der Waals surface area contributed by atoms with Crippen molar-refractivity contribution in [3.8, 4) is 5.75 Å². The number of ether oxygens (including phenoxy) is 1. The number of hydrogen-bond acceptors (Lipinski definition) is 6. The van der Waals surface area contributed by atoms with E-state index < -0.39 is 5.91 Å². The predicted molar refractivity (Wildman–Crippen MR) is 131 cm³/mol. The van der Waals surface area contributed by atoms with Gasteiger partial charge in [0.2, 0.25) is 0 Å². The summed E-state index contributed by atoms with van der Waals surface area (Å²) in [4.78, 5) is 35.4. The van der Waals surface area contributed by atoms with Crippen LogP contribution >= 0.6 is 11.3 Å². The monoisotopic (exact) mass is 465 g/mol. The maximum absolute atomic E-state index is 14.1. The first-order valence-electron chi connectivity index (χ1n) is 11.2. The van der Waals surface area contributed by atoms with Crippen molar-refractivity contribution in [2.24, 2.45) is 11.5 Å². The number of anilines is 3. The van der Waals surface area contributed by atoms with Crippen molar-refractivity contribution in [2.75, 3.05) is 9.80 Å². The van der Waals surface area contributed by atoms with Crippen LogP contribution < -0.4 is 26.0 Å². The van der Waals surface area contributed by atoms with Crippen LogP contribution in [-0.2, 0) is 0 Å². The molecule has 5 rings (SSSR count). The number of primary amides is 1. The molecule has 2 aliphatic rings. The number of urea groups is 1. The van der Waals surface area contributed by atoms with Crippen LogP contribution in [0.4, 0.5) is 21.9 Å². The number of nitrogens with two attached hydrogens (primary N) is 2. The standard InChI is InChI=1S/C24H27N5O3S/c1-12(2)32-14-7-8-16(13(3)11-14)28-18-9-10-27-23-19(18)20(21(33-23)22(26)30)29(24(28)31)17-6-4-5-15(17)25/h7-12,15,17H,4-6,25H2,1-3H3,(H2,26,30)/t15-,17+/m0/s1. The molecule has 8 nitrogen and oxygen atoms in total. The lowest BCUT2D eigenvalue weighted by molar-refractivity contribution is 0.100. The van der Waals surface area contributed by atoms with Crippen LogP contribution in [0.2, 0.25) is 0 Å². The van der Waals surface area contributed by atoms with Crippen LogP contribution in [0.25, 0.3) is 10.2 Å². The SMILES string of the molecule is Cc1cc(OC(C)C)ccc1N1C(=O)N([C@@H]2CCC[C@@H]2N)c2c(C(N)=O)sc3nccc1c23. The quantitative estimate of drug-likeness (QED) is 0.578. The molecule has 9 heteroatoms. The molecular formula is C24H27N5O3S. The Balaban J connectivity index is 1.74. The summed E-state index contributed by atoms with van der Waals surface area (Å²) in [5, 5.41) is 0.761. The third kappa shape index (κ3) is 3.43. The number of pyridine rings is 1. The number of hydrogen-bond donors (Lipinski definition) is 2. The summed E-state index contributed by atoms with van der Waals surface area (Å²) in [6.07, 6.45) is 4.23. The highest BCUT2D eigenvalue weighted by atomic mass is 32.1. The minimum Gasteiger partial charge on any atom is -0.491 e. The zero-order valence-corrected chi connectivity index (χ0v) is 19.7. The van der Waals surface area contributed by atoms with Crippen molar-refractivity contribution in [3.63, 3.8) is 0 Å². The third-order valence-corrected chi connectivity index (χ3v) is 7.39. The first-order valence-corrected chi connectivity index (χ1v) is 12.0. The molecule has 4 N–H and O–H groups in total. The van der Waals surface area contributed by atoms with E-state index in [0.29, 0.717) is 21.1 Å². The van der Waals surface area contributed by atoms with Crippen molar-refractivity contribution in [1.29, 1.82) is 0 Å². The molecule has 3 aromatic rings. The first kappa shape index (κ1) is 21.7. The van der Waals surface area contributed by atoms with Gasteiger partial charge < -0.3 is 16.2 Å². The fourth-order valence-corrected chi connectivity index (χ4v) is 5.94. The van der Waals surface area contributed by atoms with E-state index in [1.54, 1.807) is 16.0 Å². The number of benzene rings is 1. The van der Waals surface area contributed by atoms with E-state index in [-0.39, 0.29) is 24.2 Å². The molecule has 1 aliphatic heterocycles. The van der Waals surface area contributed by atoms with Gasteiger partial charge in [0.25, 0.3) is 5.91 Å². The fraction of sp³-hybridized carbons (Fsp3) is 0.375. The van der Waals surface area contributed by atoms with E-state index in [1.165, 1.54) is 11.3 Å². The Morgan fingerprint density at radius 1 is 1.24 bits per heavy atom. The van der Waals surface area contributed by atoms with Gasteiger partial charge in [0.05, 0.1) is 34.6 Å². The van der Waals surface area contributed by atoms with Gasteiger partial charge in [-0.3, -0.25) is 14.6 Å². The second kappa shape index (κ2) is 8.00.